The van der Waals surface area contributed by atoms with Gasteiger partial charge in [0.05, 0.1) is 23.8 Å². The Bertz CT molecular complexity index is 1030. The lowest BCUT2D eigenvalue weighted by atomic mass is 10.1. The number of hydrogen-bond donors (Lipinski definition) is 3. The van der Waals surface area contributed by atoms with Crippen LogP contribution in [0.5, 0.6) is 11.5 Å². The van der Waals surface area contributed by atoms with Crippen LogP contribution in [0.4, 0.5) is 5.69 Å². The monoisotopic (exact) mass is 452 g/mol. The number of aromatic carboxylic acids is 1. The molecule has 1 atom stereocenters. The maximum absolute atomic E-state index is 12.4. The van der Waals surface area contributed by atoms with Crippen molar-refractivity contribution in [2.45, 2.75) is 45.4 Å². The van der Waals surface area contributed by atoms with E-state index in [1.807, 2.05) is 12.1 Å². The number of anilines is 1. The fourth-order valence-corrected chi connectivity index (χ4v) is 3.32. The second-order valence-electron chi connectivity index (χ2n) is 7.56. The third-order valence-corrected chi connectivity index (χ3v) is 5.12. The van der Waals surface area contributed by atoms with Gasteiger partial charge in [-0.2, -0.15) is 0 Å². The molecular formula is C25H28N2O6. The minimum atomic E-state index is -1.13. The number of rotatable bonds is 10. The van der Waals surface area contributed by atoms with Gasteiger partial charge in [0.2, 0.25) is 12.1 Å². The highest BCUT2D eigenvalue weighted by molar-refractivity contribution is 6.01. The molecule has 0 aromatic heterocycles. The number of nitrogens with one attached hydrogen (secondary N) is 1. The predicted octanol–water partition coefficient (Wildman–Crippen LogP) is 4.83. The smallest absolute Gasteiger partial charge is 0.337 e. The molecule has 1 unspecified atom stereocenters. The van der Waals surface area contributed by atoms with Gasteiger partial charge in [0.1, 0.15) is 11.5 Å². The van der Waals surface area contributed by atoms with Crippen molar-refractivity contribution in [1.82, 2.24) is 5.06 Å². The van der Waals surface area contributed by atoms with Crippen molar-refractivity contribution in [3.05, 3.63) is 78.0 Å². The summed E-state index contributed by atoms with van der Waals surface area (Å²) in [5, 5.41) is 23.0. The molecule has 0 saturated carbocycles. The minimum Gasteiger partial charge on any atom is -0.490 e. The number of nitrogens with zero attached hydrogens (tertiary/aromatic N) is 1. The summed E-state index contributed by atoms with van der Waals surface area (Å²) < 4.78 is 11.7. The highest BCUT2D eigenvalue weighted by Gasteiger charge is 2.19. The van der Waals surface area contributed by atoms with Gasteiger partial charge in [0, 0.05) is 6.20 Å². The van der Waals surface area contributed by atoms with Crippen LogP contribution in [0.15, 0.2) is 72.5 Å². The minimum absolute atomic E-state index is 0.00703. The van der Waals surface area contributed by atoms with Crippen molar-refractivity contribution in [3.8, 4) is 11.5 Å². The van der Waals surface area contributed by atoms with Crippen LogP contribution in [0.2, 0.25) is 0 Å². The SMILES string of the molecule is CCC(CC)Oc1ccc(OC2C=CC(CC(=O)Nc3ccccc3C(=O)O)=CN2O)cc1. The van der Waals surface area contributed by atoms with Gasteiger partial charge in [-0.1, -0.05) is 32.1 Å². The standard InChI is InChI=1S/C25H28N2O6/c1-3-18(4-2)32-19-10-12-20(13-11-19)33-24-14-9-17(16-27(24)31)15-23(28)26-22-8-6-5-7-21(22)25(29)30/h5-14,16,18,24,31H,3-4,15H2,1-2H3,(H,26,28)(H,29,30). The molecule has 0 radical (unpaired) electrons. The molecular weight excluding hydrogens is 424 g/mol. The molecule has 0 spiro atoms. The largest absolute Gasteiger partial charge is 0.490 e. The Kier molecular flexibility index (Phi) is 8.10. The third-order valence-electron chi connectivity index (χ3n) is 5.12. The Morgan fingerprint density at radius 2 is 1.73 bits per heavy atom. The lowest BCUT2D eigenvalue weighted by Crippen LogP contribution is -2.33. The summed E-state index contributed by atoms with van der Waals surface area (Å²) in [5.41, 5.74) is 0.762. The molecule has 0 fully saturated rings. The van der Waals surface area contributed by atoms with Crippen molar-refractivity contribution < 1.29 is 29.4 Å². The van der Waals surface area contributed by atoms with E-state index in [1.165, 1.54) is 18.3 Å². The van der Waals surface area contributed by atoms with E-state index in [-0.39, 0.29) is 23.8 Å². The van der Waals surface area contributed by atoms with Crippen LogP contribution in [-0.4, -0.2) is 39.6 Å². The first-order valence-electron chi connectivity index (χ1n) is 10.8. The van der Waals surface area contributed by atoms with Crippen molar-refractivity contribution in [1.29, 1.82) is 0 Å². The number of amides is 1. The van der Waals surface area contributed by atoms with Crippen LogP contribution >= 0.6 is 0 Å². The molecule has 1 aliphatic heterocycles. The summed E-state index contributed by atoms with van der Waals surface area (Å²) >= 11 is 0. The number of hydrogen-bond acceptors (Lipinski definition) is 6. The molecule has 174 valence electrons. The molecule has 1 aliphatic rings. The first-order chi connectivity index (χ1) is 15.9. The van der Waals surface area contributed by atoms with E-state index in [9.17, 15) is 19.9 Å². The van der Waals surface area contributed by atoms with E-state index in [0.29, 0.717) is 11.3 Å². The number of carboxylic acids is 1. The lowest BCUT2D eigenvalue weighted by molar-refractivity contribution is -0.128. The molecule has 0 saturated heterocycles. The van der Waals surface area contributed by atoms with Crippen LogP contribution in [0.1, 0.15) is 43.5 Å². The topological polar surface area (TPSA) is 108 Å². The predicted molar refractivity (Wildman–Crippen MR) is 123 cm³/mol. The van der Waals surface area contributed by atoms with Crippen LogP contribution in [0.3, 0.4) is 0 Å². The average Bonchev–Trinajstić information content (AvgIpc) is 2.80. The molecule has 8 nitrogen and oxygen atoms in total. The molecule has 33 heavy (non-hydrogen) atoms. The highest BCUT2D eigenvalue weighted by atomic mass is 16.6. The number of para-hydroxylation sites is 1. The number of carbonyl (C=O) groups excluding carboxylic acids is 1. The fraction of sp³-hybridized carbons (Fsp3) is 0.280. The van der Waals surface area contributed by atoms with E-state index in [4.69, 9.17) is 9.47 Å². The van der Waals surface area contributed by atoms with Crippen molar-refractivity contribution in [2.24, 2.45) is 0 Å². The third kappa shape index (κ3) is 6.60. The van der Waals surface area contributed by atoms with Crippen molar-refractivity contribution in [2.75, 3.05) is 5.32 Å². The van der Waals surface area contributed by atoms with Crippen molar-refractivity contribution >= 4 is 17.6 Å². The van der Waals surface area contributed by atoms with Gasteiger partial charge in [0.15, 0.2) is 0 Å². The van der Waals surface area contributed by atoms with E-state index in [2.05, 4.69) is 19.2 Å². The normalized spacial score (nSPS) is 15.2. The van der Waals surface area contributed by atoms with E-state index in [1.54, 1.807) is 36.4 Å². The summed E-state index contributed by atoms with van der Waals surface area (Å²) in [6.07, 6.45) is 5.95. The lowest BCUT2D eigenvalue weighted by Gasteiger charge is -2.26. The summed E-state index contributed by atoms with van der Waals surface area (Å²) in [6.45, 7) is 4.16. The van der Waals surface area contributed by atoms with Gasteiger partial charge in [-0.3, -0.25) is 10.0 Å². The maximum atomic E-state index is 12.4. The molecule has 1 amide bonds. The van der Waals surface area contributed by atoms with Crippen LogP contribution in [0.25, 0.3) is 0 Å². The van der Waals surface area contributed by atoms with Gasteiger partial charge in [-0.25, -0.2) is 9.86 Å². The van der Waals surface area contributed by atoms with Crippen LogP contribution < -0.4 is 14.8 Å². The van der Waals surface area contributed by atoms with Crippen molar-refractivity contribution in [3.63, 3.8) is 0 Å². The number of carboxylic acid groups (broad SMARTS) is 1. The van der Waals surface area contributed by atoms with Gasteiger partial charge >= 0.3 is 5.97 Å². The second kappa shape index (κ2) is 11.2. The molecule has 3 N–H and O–H groups in total. The van der Waals surface area contributed by atoms with Gasteiger partial charge < -0.3 is 19.9 Å². The van der Waals surface area contributed by atoms with Crippen LogP contribution in [-0.2, 0) is 4.79 Å². The quantitative estimate of drug-likeness (QED) is 0.474. The van der Waals surface area contributed by atoms with Gasteiger partial charge in [-0.05, 0) is 60.9 Å². The number of carbonyl (C=O) groups is 2. The Labute approximate surface area is 192 Å². The molecule has 8 heteroatoms. The Morgan fingerprint density at radius 1 is 1.06 bits per heavy atom. The van der Waals surface area contributed by atoms with E-state index < -0.39 is 18.1 Å². The number of hydroxylamine groups is 2. The van der Waals surface area contributed by atoms with Crippen LogP contribution in [0, 0.1) is 0 Å². The summed E-state index contributed by atoms with van der Waals surface area (Å²) in [5.74, 6) is -0.214. The van der Waals surface area contributed by atoms with E-state index >= 15 is 0 Å². The first-order valence-corrected chi connectivity index (χ1v) is 10.8. The molecule has 2 aromatic rings. The summed E-state index contributed by atoms with van der Waals surface area (Å²) in [6, 6.07) is 13.4. The number of allylic oxidation sites excluding steroid dienone is 1. The van der Waals surface area contributed by atoms with E-state index in [0.717, 1.165) is 23.7 Å². The maximum Gasteiger partial charge on any atom is 0.337 e. The zero-order chi connectivity index (χ0) is 23.8. The Morgan fingerprint density at radius 3 is 2.36 bits per heavy atom. The fourth-order valence-electron chi connectivity index (χ4n) is 3.32. The highest BCUT2D eigenvalue weighted by Crippen LogP contribution is 2.24. The first kappa shape index (κ1) is 23.9. The zero-order valence-corrected chi connectivity index (χ0v) is 18.6. The molecule has 3 rings (SSSR count). The zero-order valence-electron chi connectivity index (χ0n) is 18.6. The number of ether oxygens (including phenoxy) is 2. The van der Waals surface area contributed by atoms with Gasteiger partial charge in [-0.15, -0.1) is 0 Å². The van der Waals surface area contributed by atoms with Gasteiger partial charge in [0.25, 0.3) is 0 Å². The second-order valence-corrected chi connectivity index (χ2v) is 7.56. The molecule has 0 bridgehead atoms. The molecule has 2 aromatic carbocycles. The summed E-state index contributed by atoms with van der Waals surface area (Å²) in [4.78, 5) is 23.6. The molecule has 0 aliphatic carbocycles. The Hall–Kier alpha value is -3.78. The summed E-state index contributed by atoms with van der Waals surface area (Å²) in [7, 11) is 0. The number of benzene rings is 2. The molecule has 1 heterocycles. The average molecular weight is 453 g/mol. The Balaban J connectivity index is 1.55.